The first-order valence-electron chi connectivity index (χ1n) is 14.2. The van der Waals surface area contributed by atoms with Crippen molar-refractivity contribution < 1.29 is 39.6 Å². The van der Waals surface area contributed by atoms with Gasteiger partial charge in [-0.25, -0.2) is 0 Å². The van der Waals surface area contributed by atoms with Gasteiger partial charge in [-0.3, -0.25) is 24.1 Å². The van der Waals surface area contributed by atoms with Gasteiger partial charge in [-0.1, -0.05) is 18.2 Å². The Kier molecular flexibility index (Phi) is 7.87. The Labute approximate surface area is 254 Å². The summed E-state index contributed by atoms with van der Waals surface area (Å²) in [7, 11) is 6.93. The number of aliphatic hydroxyl groups excluding tert-OH is 2. The summed E-state index contributed by atoms with van der Waals surface area (Å²) in [5.74, 6) is -7.21. The van der Waals surface area contributed by atoms with Crippen LogP contribution in [0, 0.1) is 11.8 Å². The number of nitrogens with zero attached hydrogens (tertiary/aromatic N) is 2. The number of aromatic hydroxyl groups is 1. The Morgan fingerprint density at radius 2 is 1.68 bits per heavy atom. The van der Waals surface area contributed by atoms with E-state index in [0.29, 0.717) is 35.3 Å². The number of aliphatic hydroxyl groups is 3. The summed E-state index contributed by atoms with van der Waals surface area (Å²) in [6.45, 7) is 1.18. The van der Waals surface area contributed by atoms with Crippen LogP contribution in [0.25, 0.3) is 16.9 Å². The number of carbonyl (C=O) groups excluding carboxylic acids is 4. The molecular weight excluding hydrogens is 568 g/mol. The number of hydrogen-bond donors (Lipinski definition) is 6. The molecule has 2 aromatic rings. The number of rotatable bonds is 7. The Balaban J connectivity index is 1.58. The minimum Gasteiger partial charge on any atom is -0.508 e. The molecule has 3 aliphatic carbocycles. The van der Waals surface area contributed by atoms with Crippen molar-refractivity contribution in [2.24, 2.45) is 17.6 Å². The molecule has 3 aliphatic rings. The van der Waals surface area contributed by atoms with Crippen molar-refractivity contribution in [3.05, 3.63) is 70.0 Å². The SMILES string of the molecule is CN(C)CCNC(=O)c1ccc(-c2ccc(O)c3c2C[C@@H]2C[C@@H]4[C@H](N(C)C)C(=O)C(C(N)=O)=C(O)[C@@]4(O)C(=O)C2=C3O)cc1. The van der Waals surface area contributed by atoms with Crippen LogP contribution in [0.4, 0.5) is 0 Å². The summed E-state index contributed by atoms with van der Waals surface area (Å²) in [5, 5.41) is 47.9. The van der Waals surface area contributed by atoms with Gasteiger partial charge in [0.15, 0.2) is 11.4 Å². The van der Waals surface area contributed by atoms with Crippen LogP contribution in [0.1, 0.15) is 27.9 Å². The van der Waals surface area contributed by atoms with Crippen LogP contribution in [0.2, 0.25) is 0 Å². The number of phenolic OH excluding ortho intramolecular Hbond substituents is 1. The third-order valence-electron chi connectivity index (χ3n) is 8.91. The molecule has 0 saturated heterocycles. The maximum absolute atomic E-state index is 14.0. The normalized spacial score (nSPS) is 24.8. The van der Waals surface area contributed by atoms with Gasteiger partial charge < -0.3 is 36.4 Å². The molecule has 1 fully saturated rings. The summed E-state index contributed by atoms with van der Waals surface area (Å²) in [5.41, 5.74) is 3.97. The van der Waals surface area contributed by atoms with Gasteiger partial charge in [0.2, 0.25) is 5.78 Å². The summed E-state index contributed by atoms with van der Waals surface area (Å²) in [4.78, 5) is 55.4. The monoisotopic (exact) mass is 604 g/mol. The predicted octanol–water partition coefficient (Wildman–Crippen LogP) is 0.922. The fourth-order valence-corrected chi connectivity index (χ4v) is 6.81. The third kappa shape index (κ3) is 4.75. The van der Waals surface area contributed by atoms with Crippen molar-refractivity contribution in [1.82, 2.24) is 15.1 Å². The Hall–Kier alpha value is -4.52. The molecule has 4 atom stereocenters. The number of nitrogens with two attached hydrogens (primary N) is 1. The van der Waals surface area contributed by atoms with E-state index in [0.717, 1.165) is 0 Å². The van der Waals surface area contributed by atoms with E-state index < -0.39 is 58.0 Å². The third-order valence-corrected chi connectivity index (χ3v) is 8.91. The van der Waals surface area contributed by atoms with Crippen LogP contribution in [0.3, 0.4) is 0 Å². The average molecular weight is 605 g/mol. The second-order valence-corrected chi connectivity index (χ2v) is 12.1. The molecule has 0 spiro atoms. The fraction of sp³-hybridized carbons (Fsp3) is 0.375. The number of hydrogen-bond acceptors (Lipinski definition) is 10. The number of likely N-dealkylation sites (N-methyl/N-ethyl adjacent to an activating group) is 2. The predicted molar refractivity (Wildman–Crippen MR) is 161 cm³/mol. The van der Waals surface area contributed by atoms with Crippen molar-refractivity contribution >= 4 is 29.1 Å². The molecule has 12 nitrogen and oxygen atoms in total. The first-order chi connectivity index (χ1) is 20.7. The van der Waals surface area contributed by atoms with Crippen molar-refractivity contribution in [2.45, 2.75) is 24.5 Å². The second kappa shape index (κ2) is 11.2. The molecule has 12 heteroatoms. The van der Waals surface area contributed by atoms with Gasteiger partial charge in [-0.15, -0.1) is 0 Å². The highest BCUT2D eigenvalue weighted by atomic mass is 16.3. The van der Waals surface area contributed by atoms with Crippen LogP contribution in [-0.2, 0) is 20.8 Å². The number of carbonyl (C=O) groups is 4. The number of amides is 2. The minimum absolute atomic E-state index is 0.00398. The lowest BCUT2D eigenvalue weighted by atomic mass is 9.57. The molecular formula is C32H36N4O8. The number of fused-ring (bicyclic) bond motifs is 3. The van der Waals surface area contributed by atoms with Crippen LogP contribution < -0.4 is 11.1 Å². The zero-order valence-corrected chi connectivity index (χ0v) is 24.9. The van der Waals surface area contributed by atoms with Gasteiger partial charge in [-0.05, 0) is 81.8 Å². The van der Waals surface area contributed by atoms with E-state index in [1.165, 1.54) is 11.0 Å². The minimum atomic E-state index is -2.69. The van der Waals surface area contributed by atoms with E-state index in [2.05, 4.69) is 5.32 Å². The van der Waals surface area contributed by atoms with E-state index >= 15 is 0 Å². The average Bonchev–Trinajstić information content (AvgIpc) is 2.94. The molecule has 0 heterocycles. The molecule has 0 radical (unpaired) electrons. The van der Waals surface area contributed by atoms with Gasteiger partial charge in [0.25, 0.3) is 11.8 Å². The maximum atomic E-state index is 14.0. The Bertz CT molecular complexity index is 1640. The maximum Gasteiger partial charge on any atom is 0.255 e. The second-order valence-electron chi connectivity index (χ2n) is 12.1. The quantitative estimate of drug-likeness (QED) is 0.248. The lowest BCUT2D eigenvalue weighted by Crippen LogP contribution is -2.65. The van der Waals surface area contributed by atoms with Gasteiger partial charge in [0, 0.05) is 30.1 Å². The van der Waals surface area contributed by atoms with Crippen molar-refractivity contribution in [1.29, 1.82) is 0 Å². The van der Waals surface area contributed by atoms with E-state index in [4.69, 9.17) is 5.73 Å². The summed E-state index contributed by atoms with van der Waals surface area (Å²) in [6, 6.07) is 8.76. The first-order valence-corrected chi connectivity index (χ1v) is 14.2. The van der Waals surface area contributed by atoms with Gasteiger partial charge in [-0.2, -0.15) is 0 Å². The lowest BCUT2D eigenvalue weighted by molar-refractivity contribution is -0.153. The number of Topliss-reactive ketones (excluding diaryl/α,β-unsaturated/α-hetero) is 2. The standard InChI is InChI=1S/C32H36N4O8/c1-35(2)12-11-34-31(43)16-7-5-15(6-8-16)18-9-10-21(37)23-19(18)13-17-14-20-25(36(3)4)27(39)24(30(33)42)29(41)32(20,44)28(40)22(17)26(23)38/h5-10,17,20,25,37-38,41,44H,11-14H2,1-4H3,(H2,33,42)(H,34,43)/t17-,20-,25+,32+/m1/s1. The van der Waals surface area contributed by atoms with Crippen LogP contribution in [-0.4, -0.2) is 107 Å². The molecule has 44 heavy (non-hydrogen) atoms. The summed E-state index contributed by atoms with van der Waals surface area (Å²) in [6.07, 6.45) is 0.151. The van der Waals surface area contributed by atoms with Crippen molar-refractivity contribution in [3.63, 3.8) is 0 Å². The molecule has 1 saturated carbocycles. The summed E-state index contributed by atoms with van der Waals surface area (Å²) < 4.78 is 0. The highest BCUT2D eigenvalue weighted by Crippen LogP contribution is 2.53. The van der Waals surface area contributed by atoms with Crippen molar-refractivity contribution in [3.8, 4) is 16.9 Å². The zero-order valence-electron chi connectivity index (χ0n) is 24.9. The van der Waals surface area contributed by atoms with Crippen LogP contribution >= 0.6 is 0 Å². The molecule has 0 aliphatic heterocycles. The largest absolute Gasteiger partial charge is 0.508 e. The molecule has 2 aromatic carbocycles. The van der Waals surface area contributed by atoms with Crippen LogP contribution in [0.15, 0.2) is 53.3 Å². The van der Waals surface area contributed by atoms with E-state index in [-0.39, 0.29) is 35.6 Å². The van der Waals surface area contributed by atoms with E-state index in [1.807, 2.05) is 19.0 Å². The fourth-order valence-electron chi connectivity index (χ4n) is 6.81. The summed E-state index contributed by atoms with van der Waals surface area (Å²) >= 11 is 0. The first kappa shape index (κ1) is 30.9. The molecule has 0 bridgehead atoms. The highest BCUT2D eigenvalue weighted by molar-refractivity contribution is 6.24. The molecule has 5 rings (SSSR count). The smallest absolute Gasteiger partial charge is 0.255 e. The number of phenols is 1. The zero-order chi connectivity index (χ0) is 32.2. The molecule has 2 amide bonds. The molecule has 7 N–H and O–H groups in total. The topological polar surface area (TPSA) is 194 Å². The number of ketones is 2. The molecule has 232 valence electrons. The number of benzene rings is 2. The molecule has 0 aromatic heterocycles. The lowest BCUT2D eigenvalue weighted by Gasteiger charge is -2.50. The van der Waals surface area contributed by atoms with Gasteiger partial charge in [0.1, 0.15) is 22.8 Å². The number of primary amides is 1. The Morgan fingerprint density at radius 1 is 1.02 bits per heavy atom. The van der Waals surface area contributed by atoms with Gasteiger partial charge in [0.05, 0.1) is 11.6 Å². The highest BCUT2D eigenvalue weighted by Gasteiger charge is 2.64. The van der Waals surface area contributed by atoms with E-state index in [1.54, 1.807) is 44.4 Å². The number of nitrogens with one attached hydrogen (secondary N) is 1. The van der Waals surface area contributed by atoms with Gasteiger partial charge >= 0.3 is 0 Å². The van der Waals surface area contributed by atoms with Crippen LogP contribution in [0.5, 0.6) is 5.75 Å². The van der Waals surface area contributed by atoms with Crippen molar-refractivity contribution in [2.75, 3.05) is 41.3 Å². The van der Waals surface area contributed by atoms with E-state index in [9.17, 15) is 39.6 Å². The Morgan fingerprint density at radius 3 is 2.27 bits per heavy atom. The molecule has 0 unspecified atom stereocenters.